The van der Waals surface area contributed by atoms with Crippen LogP contribution in [0.5, 0.6) is 0 Å². The number of benzene rings is 2. The summed E-state index contributed by atoms with van der Waals surface area (Å²) in [7, 11) is 0. The van der Waals surface area contributed by atoms with Crippen molar-refractivity contribution in [1.29, 1.82) is 0 Å². The first kappa shape index (κ1) is 19.9. The van der Waals surface area contributed by atoms with Crippen molar-refractivity contribution in [1.82, 2.24) is 10.2 Å². The van der Waals surface area contributed by atoms with Crippen LogP contribution in [0.2, 0.25) is 0 Å². The smallest absolute Gasteiger partial charge is 0.271 e. The molecule has 10 heteroatoms. The second-order valence-electron chi connectivity index (χ2n) is 6.37. The number of halogens is 1. The van der Waals surface area contributed by atoms with Gasteiger partial charge < -0.3 is 15.5 Å². The number of hydrogen-bond donors (Lipinski definition) is 2. The van der Waals surface area contributed by atoms with Gasteiger partial charge in [-0.3, -0.25) is 24.5 Å². The molecule has 1 heterocycles. The van der Waals surface area contributed by atoms with Crippen LogP contribution in [0.1, 0.15) is 16.8 Å². The maximum absolute atomic E-state index is 13.1. The lowest BCUT2D eigenvalue weighted by Gasteiger charge is -2.34. The lowest BCUT2D eigenvalue weighted by molar-refractivity contribution is -0.384. The van der Waals surface area contributed by atoms with Crippen LogP contribution in [0.4, 0.5) is 15.8 Å². The summed E-state index contributed by atoms with van der Waals surface area (Å²) in [4.78, 5) is 49.0. The van der Waals surface area contributed by atoms with Gasteiger partial charge in [-0.05, 0) is 30.3 Å². The molecule has 1 aliphatic rings. The Morgan fingerprint density at radius 3 is 2.66 bits per heavy atom. The quantitative estimate of drug-likeness (QED) is 0.584. The summed E-state index contributed by atoms with van der Waals surface area (Å²) in [6.45, 7) is 0.422. The maximum atomic E-state index is 13.1. The molecule has 0 bridgehead atoms. The number of carbonyl (C=O) groups excluding carboxylic acids is 3. The van der Waals surface area contributed by atoms with Crippen LogP contribution in [-0.2, 0) is 9.59 Å². The molecule has 0 radical (unpaired) electrons. The summed E-state index contributed by atoms with van der Waals surface area (Å²) in [5.41, 5.74) is 0.216. The van der Waals surface area contributed by atoms with Gasteiger partial charge in [0.15, 0.2) is 0 Å². The molecule has 1 atom stereocenters. The molecule has 0 aliphatic carbocycles. The summed E-state index contributed by atoms with van der Waals surface area (Å²) in [5, 5.41) is 16.0. The SMILES string of the molecule is O=C(C[C@@H]1C(=O)NCCN1C(=O)c1ccc(F)cc1)Nc1cccc([N+](=O)[O-])c1. The molecule has 1 aliphatic heterocycles. The van der Waals surface area contributed by atoms with Gasteiger partial charge in [0.25, 0.3) is 11.6 Å². The maximum Gasteiger partial charge on any atom is 0.271 e. The van der Waals surface area contributed by atoms with E-state index in [9.17, 15) is 28.9 Å². The number of nitrogens with one attached hydrogen (secondary N) is 2. The highest BCUT2D eigenvalue weighted by Gasteiger charge is 2.35. The van der Waals surface area contributed by atoms with Gasteiger partial charge in [-0.2, -0.15) is 0 Å². The molecule has 3 amide bonds. The van der Waals surface area contributed by atoms with E-state index in [2.05, 4.69) is 10.6 Å². The molecule has 2 aromatic carbocycles. The van der Waals surface area contributed by atoms with Crippen LogP contribution in [0.15, 0.2) is 48.5 Å². The van der Waals surface area contributed by atoms with Gasteiger partial charge in [0.2, 0.25) is 11.8 Å². The van der Waals surface area contributed by atoms with E-state index in [1.54, 1.807) is 0 Å². The van der Waals surface area contributed by atoms with E-state index >= 15 is 0 Å². The first-order valence-electron chi connectivity index (χ1n) is 8.73. The number of nitro benzene ring substituents is 1. The Morgan fingerprint density at radius 1 is 1.24 bits per heavy atom. The van der Waals surface area contributed by atoms with Crippen LogP contribution in [0.3, 0.4) is 0 Å². The average molecular weight is 400 g/mol. The standard InChI is InChI=1S/C19H17FN4O5/c20-13-6-4-12(5-7-13)19(27)23-9-8-21-18(26)16(23)11-17(25)22-14-2-1-3-15(10-14)24(28)29/h1-7,10,16H,8-9,11H2,(H,21,26)(H,22,25)/t16-/m1/s1. The first-order valence-corrected chi connectivity index (χ1v) is 8.73. The van der Waals surface area contributed by atoms with E-state index in [1.807, 2.05) is 0 Å². The third kappa shape index (κ3) is 4.72. The van der Waals surface area contributed by atoms with Crippen molar-refractivity contribution in [2.45, 2.75) is 12.5 Å². The summed E-state index contributed by atoms with van der Waals surface area (Å²) in [5.74, 6) is -2.05. The number of nitrogens with zero attached hydrogens (tertiary/aromatic N) is 2. The molecule has 2 N–H and O–H groups in total. The molecule has 150 valence electrons. The van der Waals surface area contributed by atoms with E-state index in [0.29, 0.717) is 0 Å². The minimum Gasteiger partial charge on any atom is -0.353 e. The highest BCUT2D eigenvalue weighted by atomic mass is 19.1. The van der Waals surface area contributed by atoms with Gasteiger partial charge in [-0.15, -0.1) is 0 Å². The van der Waals surface area contributed by atoms with Crippen LogP contribution in [0, 0.1) is 15.9 Å². The molecule has 0 unspecified atom stereocenters. The van der Waals surface area contributed by atoms with Gasteiger partial charge >= 0.3 is 0 Å². The Hall–Kier alpha value is -3.82. The topological polar surface area (TPSA) is 122 Å². The Bertz CT molecular complexity index is 963. The second-order valence-corrected chi connectivity index (χ2v) is 6.37. The van der Waals surface area contributed by atoms with Crippen molar-refractivity contribution in [2.24, 2.45) is 0 Å². The number of nitro groups is 1. The fourth-order valence-electron chi connectivity index (χ4n) is 3.00. The van der Waals surface area contributed by atoms with Crippen molar-refractivity contribution in [3.8, 4) is 0 Å². The number of piperazine rings is 1. The number of rotatable bonds is 5. The normalized spacial score (nSPS) is 16.1. The Morgan fingerprint density at radius 2 is 1.97 bits per heavy atom. The van der Waals surface area contributed by atoms with Crippen molar-refractivity contribution < 1.29 is 23.7 Å². The van der Waals surface area contributed by atoms with Crippen LogP contribution >= 0.6 is 0 Å². The van der Waals surface area contributed by atoms with Crippen LogP contribution in [-0.4, -0.2) is 46.7 Å². The number of non-ortho nitro benzene ring substituents is 1. The molecule has 3 rings (SSSR count). The molecular formula is C19H17FN4O5. The number of hydrogen-bond acceptors (Lipinski definition) is 5. The summed E-state index contributed by atoms with van der Waals surface area (Å²) in [6.07, 6.45) is -0.332. The number of carbonyl (C=O) groups is 3. The zero-order chi connectivity index (χ0) is 21.0. The molecule has 0 aromatic heterocycles. The molecule has 2 aromatic rings. The van der Waals surface area contributed by atoms with Gasteiger partial charge in [0.1, 0.15) is 11.9 Å². The van der Waals surface area contributed by atoms with Crippen molar-refractivity contribution in [2.75, 3.05) is 18.4 Å². The highest BCUT2D eigenvalue weighted by Crippen LogP contribution is 2.19. The molecule has 9 nitrogen and oxygen atoms in total. The highest BCUT2D eigenvalue weighted by molar-refractivity contribution is 6.01. The number of anilines is 1. The third-order valence-electron chi connectivity index (χ3n) is 4.40. The summed E-state index contributed by atoms with van der Waals surface area (Å²) < 4.78 is 13.1. The predicted molar refractivity (Wildman–Crippen MR) is 101 cm³/mol. The molecule has 0 saturated carbocycles. The lowest BCUT2D eigenvalue weighted by Crippen LogP contribution is -2.58. The van der Waals surface area contributed by atoms with E-state index in [1.165, 1.54) is 41.3 Å². The zero-order valence-corrected chi connectivity index (χ0v) is 15.1. The van der Waals surface area contributed by atoms with E-state index in [4.69, 9.17) is 0 Å². The molecule has 29 heavy (non-hydrogen) atoms. The lowest BCUT2D eigenvalue weighted by atomic mass is 10.1. The third-order valence-corrected chi connectivity index (χ3v) is 4.40. The first-order chi connectivity index (χ1) is 13.8. The van der Waals surface area contributed by atoms with Crippen molar-refractivity contribution >= 4 is 29.1 Å². The average Bonchev–Trinajstić information content (AvgIpc) is 2.69. The molecular weight excluding hydrogens is 383 g/mol. The van der Waals surface area contributed by atoms with Crippen molar-refractivity contribution in [3.05, 3.63) is 70.0 Å². The number of amides is 3. The van der Waals surface area contributed by atoms with E-state index < -0.39 is 34.5 Å². The fourth-order valence-corrected chi connectivity index (χ4v) is 3.00. The fraction of sp³-hybridized carbons (Fsp3) is 0.211. The van der Waals surface area contributed by atoms with Crippen LogP contribution in [0.25, 0.3) is 0 Å². The van der Waals surface area contributed by atoms with Gasteiger partial charge in [0.05, 0.1) is 11.3 Å². The summed E-state index contributed by atoms with van der Waals surface area (Å²) >= 11 is 0. The van der Waals surface area contributed by atoms with E-state index in [0.717, 1.165) is 12.1 Å². The van der Waals surface area contributed by atoms with Gasteiger partial charge in [0, 0.05) is 36.5 Å². The molecule has 1 saturated heterocycles. The van der Waals surface area contributed by atoms with Gasteiger partial charge in [-0.1, -0.05) is 6.07 Å². The molecule has 1 fully saturated rings. The monoisotopic (exact) mass is 400 g/mol. The van der Waals surface area contributed by atoms with Crippen LogP contribution < -0.4 is 10.6 Å². The Labute approximate surface area is 164 Å². The summed E-state index contributed by atoms with van der Waals surface area (Å²) in [6, 6.07) is 9.23. The molecule has 0 spiro atoms. The Kier molecular flexibility index (Phi) is 5.82. The van der Waals surface area contributed by atoms with Crippen molar-refractivity contribution in [3.63, 3.8) is 0 Å². The Balaban J connectivity index is 1.73. The largest absolute Gasteiger partial charge is 0.353 e. The van der Waals surface area contributed by atoms with E-state index in [-0.39, 0.29) is 36.4 Å². The predicted octanol–water partition coefficient (Wildman–Crippen LogP) is 1.70. The minimum atomic E-state index is -1.06. The minimum absolute atomic E-state index is 0.189. The second kappa shape index (κ2) is 8.46. The zero-order valence-electron chi connectivity index (χ0n) is 15.1. The van der Waals surface area contributed by atoms with Gasteiger partial charge in [-0.25, -0.2) is 4.39 Å².